The number of methoxy groups -OCH3 is 1. The van der Waals surface area contributed by atoms with Crippen molar-refractivity contribution < 1.29 is 13.2 Å². The van der Waals surface area contributed by atoms with E-state index in [4.69, 9.17) is 4.74 Å². The van der Waals surface area contributed by atoms with Crippen molar-refractivity contribution in [3.63, 3.8) is 0 Å². The number of benzene rings is 2. The van der Waals surface area contributed by atoms with Crippen LogP contribution >= 0.6 is 11.8 Å². The second-order valence-corrected chi connectivity index (χ2v) is 8.47. The summed E-state index contributed by atoms with van der Waals surface area (Å²) in [6.07, 6.45) is 0. The van der Waals surface area contributed by atoms with E-state index in [0.29, 0.717) is 11.4 Å². The van der Waals surface area contributed by atoms with Crippen molar-refractivity contribution in [2.45, 2.75) is 17.2 Å². The van der Waals surface area contributed by atoms with Gasteiger partial charge in [0.1, 0.15) is 5.75 Å². The molecule has 0 saturated carbocycles. The summed E-state index contributed by atoms with van der Waals surface area (Å²) < 4.78 is 33.0. The van der Waals surface area contributed by atoms with Crippen LogP contribution in [0, 0.1) is 6.92 Å². The van der Waals surface area contributed by atoms with Gasteiger partial charge in [-0.3, -0.25) is 0 Å². The molecular weight excluding hydrogens is 330 g/mol. The summed E-state index contributed by atoms with van der Waals surface area (Å²) in [7, 11) is -1.91. The van der Waals surface area contributed by atoms with Gasteiger partial charge in [0.15, 0.2) is 0 Å². The second kappa shape index (κ2) is 6.55. The summed E-state index contributed by atoms with van der Waals surface area (Å²) in [6.45, 7) is 2.45. The van der Waals surface area contributed by atoms with Gasteiger partial charge in [-0.05, 0) is 25.1 Å². The molecule has 4 nitrogen and oxygen atoms in total. The predicted octanol–water partition coefficient (Wildman–Crippen LogP) is 3.44. The average molecular weight is 349 g/mol. The highest BCUT2D eigenvalue weighted by Gasteiger charge is 2.37. The first kappa shape index (κ1) is 16.4. The van der Waals surface area contributed by atoms with E-state index in [0.717, 1.165) is 22.6 Å². The molecule has 122 valence electrons. The van der Waals surface area contributed by atoms with Crippen molar-refractivity contribution in [1.82, 2.24) is 4.31 Å². The van der Waals surface area contributed by atoms with E-state index in [9.17, 15) is 8.42 Å². The van der Waals surface area contributed by atoms with Crippen molar-refractivity contribution in [1.29, 1.82) is 0 Å². The largest absolute Gasteiger partial charge is 0.496 e. The molecule has 2 aromatic rings. The number of nitrogens with zero attached hydrogens (tertiary/aromatic N) is 1. The van der Waals surface area contributed by atoms with Crippen molar-refractivity contribution in [3.8, 4) is 5.75 Å². The Bertz CT molecular complexity index is 788. The number of aryl methyl sites for hydroxylation is 1. The summed E-state index contributed by atoms with van der Waals surface area (Å²) in [5.74, 6) is 1.49. The van der Waals surface area contributed by atoms with E-state index >= 15 is 0 Å². The molecule has 1 aliphatic heterocycles. The Morgan fingerprint density at radius 3 is 2.52 bits per heavy atom. The smallest absolute Gasteiger partial charge is 0.244 e. The van der Waals surface area contributed by atoms with Gasteiger partial charge < -0.3 is 4.74 Å². The lowest BCUT2D eigenvalue weighted by Crippen LogP contribution is -2.30. The van der Waals surface area contributed by atoms with Gasteiger partial charge in [0.2, 0.25) is 10.0 Å². The molecule has 0 aliphatic carbocycles. The highest BCUT2D eigenvalue weighted by Crippen LogP contribution is 2.44. The quantitative estimate of drug-likeness (QED) is 0.848. The Hall–Kier alpha value is -1.50. The molecule has 0 N–H and O–H groups in total. The highest BCUT2D eigenvalue weighted by molar-refractivity contribution is 8.01. The summed E-state index contributed by atoms with van der Waals surface area (Å²) in [6, 6.07) is 14.6. The number of hydrogen-bond donors (Lipinski definition) is 0. The number of sulfonamides is 1. The van der Waals surface area contributed by atoms with E-state index in [1.807, 2.05) is 43.3 Å². The first-order chi connectivity index (χ1) is 11.0. The molecule has 2 aromatic carbocycles. The second-order valence-electron chi connectivity index (χ2n) is 5.39. The van der Waals surface area contributed by atoms with Crippen LogP contribution in [0.25, 0.3) is 0 Å². The molecule has 0 amide bonds. The minimum Gasteiger partial charge on any atom is -0.496 e. The predicted molar refractivity (Wildman–Crippen MR) is 93.3 cm³/mol. The van der Waals surface area contributed by atoms with Crippen molar-refractivity contribution >= 4 is 21.8 Å². The third-order valence-electron chi connectivity index (χ3n) is 3.88. The van der Waals surface area contributed by atoms with Crippen molar-refractivity contribution in [2.24, 2.45) is 0 Å². The molecule has 1 fully saturated rings. The molecule has 1 heterocycles. The third kappa shape index (κ3) is 3.11. The van der Waals surface area contributed by atoms with Gasteiger partial charge >= 0.3 is 0 Å². The lowest BCUT2D eigenvalue weighted by molar-refractivity contribution is 0.390. The monoisotopic (exact) mass is 349 g/mol. The van der Waals surface area contributed by atoms with Crippen LogP contribution in [-0.4, -0.2) is 32.1 Å². The summed E-state index contributed by atoms with van der Waals surface area (Å²) in [4.78, 5) is 0.338. The van der Waals surface area contributed by atoms with Crippen LogP contribution in [0.4, 0.5) is 0 Å². The fraction of sp³-hybridized carbons (Fsp3) is 0.294. The minimum atomic E-state index is -3.52. The molecule has 0 spiro atoms. The summed E-state index contributed by atoms with van der Waals surface area (Å²) in [5.41, 5.74) is 1.94. The van der Waals surface area contributed by atoms with Crippen molar-refractivity contribution in [3.05, 3.63) is 59.7 Å². The standard InChI is InChI=1S/C17H19NO3S2/c1-13-7-9-14(10-8-13)23(19,20)18-11-12-22-17(18)15-5-3-4-6-16(15)21-2/h3-10,17H,11-12H2,1-2H3. The molecular formula is C17H19NO3S2. The highest BCUT2D eigenvalue weighted by atomic mass is 32.2. The Labute approximate surface area is 141 Å². The van der Waals surface area contributed by atoms with Crippen LogP contribution in [0.3, 0.4) is 0 Å². The topological polar surface area (TPSA) is 46.6 Å². The van der Waals surface area contributed by atoms with Gasteiger partial charge in [-0.2, -0.15) is 4.31 Å². The van der Waals surface area contributed by atoms with Crippen molar-refractivity contribution in [2.75, 3.05) is 19.4 Å². The van der Waals surface area contributed by atoms with Gasteiger partial charge in [-0.1, -0.05) is 35.9 Å². The minimum absolute atomic E-state index is 0.252. The first-order valence-electron chi connectivity index (χ1n) is 7.37. The molecule has 0 radical (unpaired) electrons. The SMILES string of the molecule is COc1ccccc1C1SCCN1S(=O)(=O)c1ccc(C)cc1. The fourth-order valence-corrected chi connectivity index (χ4v) is 5.92. The Morgan fingerprint density at radius 2 is 1.83 bits per heavy atom. The van der Waals surface area contributed by atoms with Gasteiger partial charge in [0, 0.05) is 17.9 Å². The molecule has 0 bridgehead atoms. The Kier molecular flexibility index (Phi) is 4.66. The Balaban J connectivity index is 1.99. The van der Waals surface area contributed by atoms with E-state index in [1.54, 1.807) is 35.3 Å². The van der Waals surface area contributed by atoms with Gasteiger partial charge in [-0.15, -0.1) is 11.8 Å². The maximum Gasteiger partial charge on any atom is 0.244 e. The molecule has 1 saturated heterocycles. The third-order valence-corrected chi connectivity index (χ3v) is 7.14. The normalized spacial score (nSPS) is 19.0. The van der Waals surface area contributed by atoms with E-state index in [-0.39, 0.29) is 5.37 Å². The van der Waals surface area contributed by atoms with Gasteiger partial charge in [0.25, 0.3) is 0 Å². The average Bonchev–Trinajstić information content (AvgIpc) is 3.05. The number of para-hydroxylation sites is 1. The van der Waals surface area contributed by atoms with Gasteiger partial charge in [-0.25, -0.2) is 8.42 Å². The zero-order chi connectivity index (χ0) is 16.4. The lowest BCUT2D eigenvalue weighted by Gasteiger charge is -2.24. The number of hydrogen-bond acceptors (Lipinski definition) is 4. The van der Waals surface area contributed by atoms with Crippen LogP contribution in [0.15, 0.2) is 53.4 Å². The fourth-order valence-electron chi connectivity index (χ4n) is 2.66. The van der Waals surface area contributed by atoms with E-state index in [2.05, 4.69) is 0 Å². The molecule has 0 aromatic heterocycles. The van der Waals surface area contributed by atoms with Crippen LogP contribution in [0.2, 0.25) is 0 Å². The molecule has 1 aliphatic rings. The molecule has 3 rings (SSSR count). The number of thioether (sulfide) groups is 1. The maximum atomic E-state index is 13.0. The van der Waals surface area contributed by atoms with Crippen LogP contribution < -0.4 is 4.74 Å². The molecule has 1 unspecified atom stereocenters. The molecule has 23 heavy (non-hydrogen) atoms. The summed E-state index contributed by atoms with van der Waals surface area (Å²) >= 11 is 1.62. The Morgan fingerprint density at radius 1 is 1.13 bits per heavy atom. The van der Waals surface area contributed by atoms with Crippen LogP contribution in [0.5, 0.6) is 5.75 Å². The zero-order valence-electron chi connectivity index (χ0n) is 13.1. The molecule has 1 atom stereocenters. The number of rotatable bonds is 4. The maximum absolute atomic E-state index is 13.0. The van der Waals surface area contributed by atoms with E-state index < -0.39 is 10.0 Å². The van der Waals surface area contributed by atoms with Crippen LogP contribution in [-0.2, 0) is 10.0 Å². The van der Waals surface area contributed by atoms with Crippen LogP contribution in [0.1, 0.15) is 16.5 Å². The molecule has 6 heteroatoms. The lowest BCUT2D eigenvalue weighted by atomic mass is 10.2. The zero-order valence-corrected chi connectivity index (χ0v) is 14.7. The number of ether oxygens (including phenoxy) is 1. The van der Waals surface area contributed by atoms with Gasteiger partial charge in [0.05, 0.1) is 17.4 Å². The van der Waals surface area contributed by atoms with E-state index in [1.165, 1.54) is 0 Å². The first-order valence-corrected chi connectivity index (χ1v) is 9.86. The summed E-state index contributed by atoms with van der Waals surface area (Å²) in [5, 5.41) is -0.252.